The van der Waals surface area contributed by atoms with Gasteiger partial charge in [-0.05, 0) is 38.6 Å². The molecule has 1 aliphatic heterocycles. The van der Waals surface area contributed by atoms with Crippen molar-refractivity contribution in [1.29, 1.82) is 0 Å². The summed E-state index contributed by atoms with van der Waals surface area (Å²) in [5.41, 5.74) is 0. The second-order valence-electron chi connectivity index (χ2n) is 6.74. The first-order valence-corrected chi connectivity index (χ1v) is 9.71. The largest absolute Gasteiger partial charge is 0.378 e. The summed E-state index contributed by atoms with van der Waals surface area (Å²) in [5.74, 6) is 0. The molecule has 0 spiro atoms. The zero-order valence-corrected chi connectivity index (χ0v) is 14.7. The van der Waals surface area contributed by atoms with Crippen molar-refractivity contribution in [3.8, 4) is 0 Å². The molecule has 1 saturated heterocycles. The highest BCUT2D eigenvalue weighted by Crippen LogP contribution is 2.19. The number of ether oxygens (including phenoxy) is 1. The van der Waals surface area contributed by atoms with Crippen LogP contribution in [0.4, 0.5) is 0 Å². The standard InChI is InChI=1S/C19H39NO/c1-3-5-6-7-8-9-10-11-14-18(20-4-2)17-19-15-12-13-16-21-19/h18-20H,3-17H2,1-2H3. The molecule has 0 aromatic heterocycles. The Labute approximate surface area is 133 Å². The molecule has 0 saturated carbocycles. The van der Waals surface area contributed by atoms with E-state index in [1.54, 1.807) is 0 Å². The minimum absolute atomic E-state index is 0.525. The maximum atomic E-state index is 5.90. The first-order valence-electron chi connectivity index (χ1n) is 9.71. The van der Waals surface area contributed by atoms with E-state index in [4.69, 9.17) is 4.74 Å². The summed E-state index contributed by atoms with van der Waals surface area (Å²) in [6.45, 7) is 6.59. The van der Waals surface area contributed by atoms with Crippen LogP contribution < -0.4 is 5.32 Å². The number of nitrogens with one attached hydrogen (secondary N) is 1. The lowest BCUT2D eigenvalue weighted by atomic mass is 9.97. The summed E-state index contributed by atoms with van der Waals surface area (Å²) in [6.07, 6.45) is 18.3. The van der Waals surface area contributed by atoms with Crippen LogP contribution in [-0.2, 0) is 4.74 Å². The van der Waals surface area contributed by atoms with E-state index in [1.165, 1.54) is 83.5 Å². The van der Waals surface area contributed by atoms with Gasteiger partial charge in [0.2, 0.25) is 0 Å². The molecule has 0 aromatic rings. The summed E-state index contributed by atoms with van der Waals surface area (Å²) in [7, 11) is 0. The summed E-state index contributed by atoms with van der Waals surface area (Å²) in [6, 6.07) is 0.679. The van der Waals surface area contributed by atoms with Gasteiger partial charge in [0.25, 0.3) is 0 Å². The van der Waals surface area contributed by atoms with Crippen molar-refractivity contribution in [2.24, 2.45) is 0 Å². The molecule has 0 aromatic carbocycles. The molecule has 1 heterocycles. The van der Waals surface area contributed by atoms with Crippen LogP contribution in [0.5, 0.6) is 0 Å². The molecular weight excluding hydrogens is 258 g/mol. The third-order valence-corrected chi connectivity index (χ3v) is 4.72. The first-order chi connectivity index (χ1) is 10.4. The quantitative estimate of drug-likeness (QED) is 0.456. The maximum Gasteiger partial charge on any atom is 0.0590 e. The van der Waals surface area contributed by atoms with Crippen LogP contribution in [0.2, 0.25) is 0 Å². The van der Waals surface area contributed by atoms with Gasteiger partial charge in [0.05, 0.1) is 6.10 Å². The van der Waals surface area contributed by atoms with Gasteiger partial charge in [0.1, 0.15) is 0 Å². The fourth-order valence-corrected chi connectivity index (χ4v) is 3.43. The average molecular weight is 298 g/mol. The lowest BCUT2D eigenvalue weighted by Crippen LogP contribution is -2.34. The first kappa shape index (κ1) is 19.0. The van der Waals surface area contributed by atoms with Crippen LogP contribution >= 0.6 is 0 Å². The molecule has 0 bridgehead atoms. The Morgan fingerprint density at radius 3 is 2.29 bits per heavy atom. The summed E-state index contributed by atoms with van der Waals surface area (Å²) >= 11 is 0. The SMILES string of the molecule is CCCCCCCCCCC(CC1CCCCO1)NCC. The molecule has 0 aliphatic carbocycles. The van der Waals surface area contributed by atoms with Gasteiger partial charge in [-0.1, -0.05) is 65.2 Å². The van der Waals surface area contributed by atoms with Crippen LogP contribution in [0.25, 0.3) is 0 Å². The highest BCUT2D eigenvalue weighted by Gasteiger charge is 2.18. The van der Waals surface area contributed by atoms with Crippen LogP contribution in [0.15, 0.2) is 0 Å². The third-order valence-electron chi connectivity index (χ3n) is 4.72. The van der Waals surface area contributed by atoms with Crippen LogP contribution in [0, 0.1) is 0 Å². The molecule has 2 unspecified atom stereocenters. The van der Waals surface area contributed by atoms with Gasteiger partial charge in [-0.2, -0.15) is 0 Å². The van der Waals surface area contributed by atoms with Crippen molar-refractivity contribution in [2.45, 2.75) is 109 Å². The van der Waals surface area contributed by atoms with Crippen molar-refractivity contribution in [1.82, 2.24) is 5.32 Å². The summed E-state index contributed by atoms with van der Waals surface area (Å²) < 4.78 is 5.90. The van der Waals surface area contributed by atoms with E-state index in [2.05, 4.69) is 19.2 Å². The van der Waals surface area contributed by atoms with Crippen molar-refractivity contribution >= 4 is 0 Å². The van der Waals surface area contributed by atoms with Gasteiger partial charge in [-0.25, -0.2) is 0 Å². The number of hydrogen-bond donors (Lipinski definition) is 1. The van der Waals surface area contributed by atoms with Crippen molar-refractivity contribution in [3.63, 3.8) is 0 Å². The molecule has 2 atom stereocenters. The number of rotatable bonds is 13. The lowest BCUT2D eigenvalue weighted by Gasteiger charge is -2.27. The molecule has 0 amide bonds. The molecule has 21 heavy (non-hydrogen) atoms. The summed E-state index contributed by atoms with van der Waals surface area (Å²) in [4.78, 5) is 0. The van der Waals surface area contributed by atoms with Gasteiger partial charge in [0, 0.05) is 12.6 Å². The Hall–Kier alpha value is -0.0800. The van der Waals surface area contributed by atoms with Gasteiger partial charge in [0.15, 0.2) is 0 Å². The molecule has 1 aliphatic rings. The smallest absolute Gasteiger partial charge is 0.0590 e. The molecule has 0 radical (unpaired) electrons. The monoisotopic (exact) mass is 297 g/mol. The predicted molar refractivity (Wildman–Crippen MR) is 92.9 cm³/mol. The van der Waals surface area contributed by atoms with E-state index >= 15 is 0 Å². The van der Waals surface area contributed by atoms with E-state index in [1.807, 2.05) is 0 Å². The second-order valence-corrected chi connectivity index (χ2v) is 6.74. The van der Waals surface area contributed by atoms with E-state index in [0.717, 1.165) is 13.2 Å². The molecular formula is C19H39NO. The fourth-order valence-electron chi connectivity index (χ4n) is 3.43. The average Bonchev–Trinajstić information content (AvgIpc) is 2.51. The lowest BCUT2D eigenvalue weighted by molar-refractivity contribution is 0.00467. The van der Waals surface area contributed by atoms with Gasteiger partial charge >= 0.3 is 0 Å². The van der Waals surface area contributed by atoms with Crippen LogP contribution in [-0.4, -0.2) is 25.3 Å². The predicted octanol–water partition coefficient (Wildman–Crippen LogP) is 5.45. The zero-order chi connectivity index (χ0) is 15.2. The van der Waals surface area contributed by atoms with Crippen LogP contribution in [0.3, 0.4) is 0 Å². The fraction of sp³-hybridized carbons (Fsp3) is 1.00. The molecule has 1 N–H and O–H groups in total. The van der Waals surface area contributed by atoms with E-state index < -0.39 is 0 Å². The van der Waals surface area contributed by atoms with E-state index in [-0.39, 0.29) is 0 Å². The maximum absolute atomic E-state index is 5.90. The zero-order valence-electron chi connectivity index (χ0n) is 14.7. The molecule has 1 rings (SSSR count). The number of unbranched alkanes of at least 4 members (excludes halogenated alkanes) is 7. The van der Waals surface area contributed by atoms with Crippen molar-refractivity contribution in [3.05, 3.63) is 0 Å². The topological polar surface area (TPSA) is 21.3 Å². The van der Waals surface area contributed by atoms with Gasteiger partial charge in [-0.3, -0.25) is 0 Å². The molecule has 2 nitrogen and oxygen atoms in total. The van der Waals surface area contributed by atoms with E-state index in [0.29, 0.717) is 12.1 Å². The Balaban J connectivity index is 2.02. The van der Waals surface area contributed by atoms with Crippen molar-refractivity contribution in [2.75, 3.05) is 13.2 Å². The Kier molecular flexibility index (Phi) is 12.3. The minimum Gasteiger partial charge on any atom is -0.378 e. The van der Waals surface area contributed by atoms with E-state index in [9.17, 15) is 0 Å². The minimum atomic E-state index is 0.525. The molecule has 2 heteroatoms. The Morgan fingerprint density at radius 2 is 1.67 bits per heavy atom. The third kappa shape index (κ3) is 10.3. The highest BCUT2D eigenvalue weighted by atomic mass is 16.5. The Morgan fingerprint density at radius 1 is 0.952 bits per heavy atom. The Bertz CT molecular complexity index is 214. The molecule has 126 valence electrons. The second kappa shape index (κ2) is 13.6. The van der Waals surface area contributed by atoms with Crippen LogP contribution in [0.1, 0.15) is 97.3 Å². The van der Waals surface area contributed by atoms with Gasteiger partial charge in [-0.15, -0.1) is 0 Å². The highest BCUT2D eigenvalue weighted by molar-refractivity contribution is 4.74. The van der Waals surface area contributed by atoms with Crippen molar-refractivity contribution < 1.29 is 4.74 Å². The summed E-state index contributed by atoms with van der Waals surface area (Å²) in [5, 5.41) is 3.67. The normalized spacial score (nSPS) is 20.6. The van der Waals surface area contributed by atoms with Gasteiger partial charge < -0.3 is 10.1 Å². The number of hydrogen-bond acceptors (Lipinski definition) is 2. The molecule has 1 fully saturated rings.